The summed E-state index contributed by atoms with van der Waals surface area (Å²) in [5.74, 6) is 0.900. The van der Waals surface area contributed by atoms with E-state index in [0.717, 1.165) is 24.2 Å². The largest absolute Gasteiger partial charge is 0.467 e. The Morgan fingerprint density at radius 1 is 1.24 bits per heavy atom. The van der Waals surface area contributed by atoms with Gasteiger partial charge in [0.05, 0.1) is 12.3 Å². The Kier molecular flexibility index (Phi) is 3.92. The van der Waals surface area contributed by atoms with Crippen LogP contribution in [0.5, 0.6) is 0 Å². The van der Waals surface area contributed by atoms with Gasteiger partial charge in [0.1, 0.15) is 11.5 Å². The average molecular weight is 336 g/mol. The van der Waals surface area contributed by atoms with E-state index in [4.69, 9.17) is 8.94 Å². The number of hydrogen-bond donors (Lipinski definition) is 0. The van der Waals surface area contributed by atoms with Gasteiger partial charge in [0.2, 0.25) is 5.76 Å². The van der Waals surface area contributed by atoms with Gasteiger partial charge in [-0.15, -0.1) is 0 Å². The highest BCUT2D eigenvalue weighted by atomic mass is 16.5. The molecule has 1 atom stereocenters. The second kappa shape index (κ2) is 6.24. The zero-order valence-corrected chi connectivity index (χ0v) is 14.3. The number of amides is 1. The van der Waals surface area contributed by atoms with Crippen molar-refractivity contribution in [3.05, 3.63) is 65.8 Å². The van der Waals surface area contributed by atoms with Gasteiger partial charge in [-0.2, -0.15) is 0 Å². The highest BCUT2D eigenvalue weighted by molar-refractivity contribution is 5.93. The van der Waals surface area contributed by atoms with Crippen LogP contribution in [0.4, 0.5) is 0 Å². The lowest BCUT2D eigenvalue weighted by molar-refractivity contribution is 0.0610. The molecule has 0 radical (unpaired) electrons. The van der Waals surface area contributed by atoms with Crippen LogP contribution in [0, 0.1) is 6.92 Å². The van der Waals surface area contributed by atoms with Gasteiger partial charge in [-0.3, -0.25) is 4.79 Å². The third-order valence-corrected chi connectivity index (χ3v) is 4.62. The van der Waals surface area contributed by atoms with Crippen LogP contribution < -0.4 is 0 Å². The number of carbonyl (C=O) groups excluding carboxylic acids is 1. The lowest BCUT2D eigenvalue weighted by Gasteiger charge is -2.26. The molecule has 1 fully saturated rings. The zero-order chi connectivity index (χ0) is 17.4. The van der Waals surface area contributed by atoms with Crippen LogP contribution in [0.25, 0.3) is 11.3 Å². The molecular formula is C20H20N2O3. The van der Waals surface area contributed by atoms with Crippen LogP contribution in [-0.2, 0) is 0 Å². The van der Waals surface area contributed by atoms with Gasteiger partial charge in [-0.05, 0) is 38.8 Å². The van der Waals surface area contributed by atoms with Gasteiger partial charge in [0.25, 0.3) is 5.91 Å². The second-order valence-electron chi connectivity index (χ2n) is 6.58. The average Bonchev–Trinajstić information content (AvgIpc) is 3.12. The topological polar surface area (TPSA) is 59.5 Å². The van der Waals surface area contributed by atoms with E-state index < -0.39 is 0 Å². The summed E-state index contributed by atoms with van der Waals surface area (Å²) >= 11 is 0. The molecule has 1 aromatic carbocycles. The molecule has 25 heavy (non-hydrogen) atoms. The Bertz CT molecular complexity index is 861. The monoisotopic (exact) mass is 336 g/mol. The summed E-state index contributed by atoms with van der Waals surface area (Å²) < 4.78 is 10.9. The normalized spacial score (nSPS) is 15.1. The fourth-order valence-corrected chi connectivity index (χ4v) is 3.04. The first kappa shape index (κ1) is 15.7. The first-order valence-corrected chi connectivity index (χ1v) is 8.53. The number of furan rings is 1. The molecule has 0 N–H and O–H groups in total. The minimum absolute atomic E-state index is 0.136. The number of aromatic nitrogens is 1. The van der Waals surface area contributed by atoms with Crippen LogP contribution in [0.2, 0.25) is 0 Å². The van der Waals surface area contributed by atoms with E-state index in [1.54, 1.807) is 12.3 Å². The Labute approximate surface area is 146 Å². The van der Waals surface area contributed by atoms with Crippen molar-refractivity contribution < 1.29 is 13.7 Å². The third-order valence-electron chi connectivity index (χ3n) is 4.62. The van der Waals surface area contributed by atoms with E-state index in [0.29, 0.717) is 5.69 Å². The quantitative estimate of drug-likeness (QED) is 0.683. The molecular weight excluding hydrogens is 316 g/mol. The molecule has 0 spiro atoms. The van der Waals surface area contributed by atoms with Gasteiger partial charge in [-0.25, -0.2) is 0 Å². The molecule has 4 rings (SSSR count). The standard InChI is InChI=1S/C20H20N2O3/c1-13-5-7-15(8-6-13)17-12-19(25-21-17)20(23)22(16-9-10-16)14(2)18-4-3-11-24-18/h3-8,11-12,14,16H,9-10H2,1-2H3/t14-/m1/s1. The summed E-state index contributed by atoms with van der Waals surface area (Å²) in [6.07, 6.45) is 3.65. The highest BCUT2D eigenvalue weighted by Crippen LogP contribution is 2.36. The predicted molar refractivity (Wildman–Crippen MR) is 93.0 cm³/mol. The number of rotatable bonds is 5. The van der Waals surface area contributed by atoms with Crippen LogP contribution in [-0.4, -0.2) is 22.0 Å². The summed E-state index contributed by atoms with van der Waals surface area (Å²) in [5, 5.41) is 4.08. The number of benzene rings is 1. The van der Waals surface area contributed by atoms with Gasteiger partial charge in [-0.1, -0.05) is 35.0 Å². The molecule has 1 saturated carbocycles. The van der Waals surface area contributed by atoms with E-state index in [-0.39, 0.29) is 23.8 Å². The number of hydrogen-bond acceptors (Lipinski definition) is 4. The molecule has 2 heterocycles. The Morgan fingerprint density at radius 2 is 2.00 bits per heavy atom. The maximum absolute atomic E-state index is 13.0. The summed E-state index contributed by atoms with van der Waals surface area (Å²) in [6, 6.07) is 13.5. The van der Waals surface area contributed by atoms with E-state index in [1.807, 2.05) is 55.1 Å². The fraction of sp³-hybridized carbons (Fsp3) is 0.300. The summed E-state index contributed by atoms with van der Waals surface area (Å²) in [6.45, 7) is 4.01. The Balaban J connectivity index is 1.60. The Morgan fingerprint density at radius 3 is 2.64 bits per heavy atom. The van der Waals surface area contributed by atoms with Crippen molar-refractivity contribution in [2.24, 2.45) is 0 Å². The molecule has 3 aromatic rings. The molecule has 1 aliphatic carbocycles. The summed E-state index contributed by atoms with van der Waals surface area (Å²) in [7, 11) is 0. The second-order valence-corrected chi connectivity index (χ2v) is 6.58. The van der Waals surface area contributed by atoms with Gasteiger partial charge >= 0.3 is 0 Å². The smallest absolute Gasteiger partial charge is 0.293 e. The van der Waals surface area contributed by atoms with Crippen molar-refractivity contribution in [2.45, 2.75) is 38.8 Å². The van der Waals surface area contributed by atoms with E-state index in [9.17, 15) is 4.79 Å². The zero-order valence-electron chi connectivity index (χ0n) is 14.3. The molecule has 5 heteroatoms. The third kappa shape index (κ3) is 3.09. The SMILES string of the molecule is Cc1ccc(-c2cc(C(=O)N(C3CC3)[C@H](C)c3ccco3)on2)cc1. The number of carbonyl (C=O) groups is 1. The van der Waals surface area contributed by atoms with Crippen molar-refractivity contribution in [2.75, 3.05) is 0 Å². The van der Waals surface area contributed by atoms with Gasteiger partial charge in [0, 0.05) is 17.7 Å². The van der Waals surface area contributed by atoms with E-state index in [2.05, 4.69) is 5.16 Å². The van der Waals surface area contributed by atoms with Crippen LogP contribution in [0.3, 0.4) is 0 Å². The minimum atomic E-state index is -0.141. The molecule has 0 bridgehead atoms. The van der Waals surface area contributed by atoms with Crippen molar-refractivity contribution in [3.63, 3.8) is 0 Å². The maximum Gasteiger partial charge on any atom is 0.293 e. The highest BCUT2D eigenvalue weighted by Gasteiger charge is 2.39. The van der Waals surface area contributed by atoms with Gasteiger partial charge < -0.3 is 13.8 Å². The maximum atomic E-state index is 13.0. The number of nitrogens with zero attached hydrogens (tertiary/aromatic N) is 2. The fourth-order valence-electron chi connectivity index (χ4n) is 3.04. The Hall–Kier alpha value is -2.82. The molecule has 1 amide bonds. The molecule has 5 nitrogen and oxygen atoms in total. The van der Waals surface area contributed by atoms with E-state index in [1.165, 1.54) is 5.56 Å². The van der Waals surface area contributed by atoms with Crippen molar-refractivity contribution in [3.8, 4) is 11.3 Å². The van der Waals surface area contributed by atoms with E-state index >= 15 is 0 Å². The van der Waals surface area contributed by atoms with Gasteiger partial charge in [0.15, 0.2) is 0 Å². The molecule has 128 valence electrons. The van der Waals surface area contributed by atoms with Crippen LogP contribution in [0.15, 0.2) is 57.7 Å². The van der Waals surface area contributed by atoms with Crippen LogP contribution >= 0.6 is 0 Å². The van der Waals surface area contributed by atoms with Crippen LogP contribution in [0.1, 0.15) is 47.7 Å². The lowest BCUT2D eigenvalue weighted by Crippen LogP contribution is -2.35. The van der Waals surface area contributed by atoms with Crippen molar-refractivity contribution in [1.82, 2.24) is 10.1 Å². The molecule has 0 unspecified atom stereocenters. The molecule has 2 aromatic heterocycles. The molecule has 0 saturated heterocycles. The minimum Gasteiger partial charge on any atom is -0.467 e. The number of aryl methyl sites for hydroxylation is 1. The first-order chi connectivity index (χ1) is 12.1. The van der Waals surface area contributed by atoms with Crippen molar-refractivity contribution >= 4 is 5.91 Å². The molecule has 1 aliphatic rings. The lowest BCUT2D eigenvalue weighted by atomic mass is 10.1. The molecule has 0 aliphatic heterocycles. The summed E-state index contributed by atoms with van der Waals surface area (Å²) in [4.78, 5) is 14.9. The predicted octanol–water partition coefficient (Wildman–Crippen LogP) is 4.61. The van der Waals surface area contributed by atoms with Crippen molar-refractivity contribution in [1.29, 1.82) is 0 Å². The summed E-state index contributed by atoms with van der Waals surface area (Å²) in [5.41, 5.74) is 2.78. The first-order valence-electron chi connectivity index (χ1n) is 8.53.